The van der Waals surface area contributed by atoms with Crippen LogP contribution < -0.4 is 5.11 Å². The molecule has 3 unspecified atom stereocenters. The van der Waals surface area contributed by atoms with E-state index in [1.54, 1.807) is 0 Å². The maximum Gasteiger partial charge on any atom is 0.416 e. The molecule has 5 rings (SSSR count). The summed E-state index contributed by atoms with van der Waals surface area (Å²) in [5.41, 5.74) is 3.85. The fourth-order valence-corrected chi connectivity index (χ4v) is 7.42. The molecule has 1 aromatic heterocycles. The highest BCUT2D eigenvalue weighted by Gasteiger charge is 2.55. The quantitative estimate of drug-likeness (QED) is 0.285. The van der Waals surface area contributed by atoms with E-state index in [-0.39, 0.29) is 15.3 Å². The van der Waals surface area contributed by atoms with Gasteiger partial charge in [-0.3, -0.25) is 4.98 Å². The predicted octanol–water partition coefficient (Wildman–Crippen LogP) is 6.90. The van der Waals surface area contributed by atoms with E-state index in [0.717, 1.165) is 65.9 Å². The van der Waals surface area contributed by atoms with Crippen LogP contribution in [0.25, 0.3) is 0 Å². The Morgan fingerprint density at radius 3 is 2.38 bits per heavy atom. The van der Waals surface area contributed by atoms with Gasteiger partial charge in [0.15, 0.2) is 0 Å². The summed E-state index contributed by atoms with van der Waals surface area (Å²) in [6, 6.07) is 5.29. The molecule has 184 valence electrons. The van der Waals surface area contributed by atoms with E-state index in [9.17, 15) is 18.3 Å². The van der Waals surface area contributed by atoms with E-state index >= 15 is 0 Å². The van der Waals surface area contributed by atoms with E-state index in [0.29, 0.717) is 12.0 Å². The number of aromatic nitrogens is 1. The number of pyridine rings is 1. The van der Waals surface area contributed by atoms with Crippen LogP contribution in [0, 0.1) is 5.41 Å². The summed E-state index contributed by atoms with van der Waals surface area (Å²) in [6.07, 6.45) is -1.70. The number of alkyl halides is 4. The molecule has 1 aliphatic heterocycles. The smallest absolute Gasteiger partial charge is 0.416 e. The maximum absolute atomic E-state index is 13.6. The summed E-state index contributed by atoms with van der Waals surface area (Å²) in [6.45, 7) is 8.42. The lowest BCUT2D eigenvalue weighted by atomic mass is 9.70. The van der Waals surface area contributed by atoms with Gasteiger partial charge in [-0.15, -0.1) is 0 Å². The highest BCUT2D eigenvalue weighted by Crippen LogP contribution is 2.60. The molecule has 0 amide bonds. The summed E-state index contributed by atoms with van der Waals surface area (Å²) in [4.78, 5) is 5.08. The Morgan fingerprint density at radius 1 is 1.15 bits per heavy atom. The lowest BCUT2D eigenvalue weighted by Gasteiger charge is -2.43. The molecular weight excluding hydrogens is 554 g/mol. The normalized spacial score (nSPS) is 30.1. The molecule has 0 radical (unpaired) electrons. The molecule has 3 aliphatic rings. The van der Waals surface area contributed by atoms with Gasteiger partial charge in [0.2, 0.25) is 0 Å². The molecule has 0 bridgehead atoms. The Hall–Kier alpha value is -1.19. The largest absolute Gasteiger partial charge is 0.848 e. The number of hydrogen-bond acceptors (Lipinski definition) is 3. The Balaban J connectivity index is 1.76. The predicted molar refractivity (Wildman–Crippen MR) is 131 cm³/mol. The molecule has 4 atom stereocenters. The zero-order valence-corrected chi connectivity index (χ0v) is 22.1. The highest BCUT2D eigenvalue weighted by atomic mass is 127. The summed E-state index contributed by atoms with van der Waals surface area (Å²) in [5.74, 6) is 0.0963. The van der Waals surface area contributed by atoms with Gasteiger partial charge in [-0.05, 0) is 65.8 Å². The number of rotatable bonds is 2. The van der Waals surface area contributed by atoms with Crippen LogP contribution in [0.4, 0.5) is 13.2 Å². The van der Waals surface area contributed by atoms with Crippen LogP contribution in [0.3, 0.4) is 0 Å². The van der Waals surface area contributed by atoms with Crippen molar-refractivity contribution in [2.45, 2.75) is 93.6 Å². The molecule has 2 aliphatic carbocycles. The molecule has 0 N–H and O–H groups in total. The SMILES string of the molecule is CC(C)c1nc2c(c3c1[C@@H](c1ccc(C(F)(F)F)cc1)OC31CCCC1I)C([O-])CC(C)(C)C2. The van der Waals surface area contributed by atoms with E-state index in [1.165, 1.54) is 12.1 Å². The Kier molecular flexibility index (Phi) is 5.88. The lowest BCUT2D eigenvalue weighted by molar-refractivity contribution is -0.434. The first-order chi connectivity index (χ1) is 15.8. The molecule has 7 heteroatoms. The number of ether oxygens (including phenoxy) is 1. The van der Waals surface area contributed by atoms with Crippen LogP contribution in [0.15, 0.2) is 24.3 Å². The van der Waals surface area contributed by atoms with Gasteiger partial charge in [0.1, 0.15) is 11.7 Å². The van der Waals surface area contributed by atoms with Crippen molar-refractivity contribution in [3.8, 4) is 0 Å². The number of fused-ring (bicyclic) bond motifs is 4. The second-order valence-corrected chi connectivity index (χ2v) is 12.7. The van der Waals surface area contributed by atoms with Crippen molar-refractivity contribution in [3.05, 3.63) is 63.5 Å². The van der Waals surface area contributed by atoms with Gasteiger partial charge in [-0.25, -0.2) is 0 Å². The minimum absolute atomic E-state index is 0.0963. The van der Waals surface area contributed by atoms with Crippen molar-refractivity contribution >= 4 is 22.6 Å². The topological polar surface area (TPSA) is 45.2 Å². The summed E-state index contributed by atoms with van der Waals surface area (Å²) in [5, 5.41) is 13.6. The first kappa shape index (κ1) is 24.5. The standard InChI is InChI=1S/C27H30F3INO2/c1-14(2)23-21-22(20-17(32-23)12-25(3,4)13-18(20)33)26(11-5-6-19(26)31)34-24(21)15-7-9-16(10-8-15)27(28,29)30/h7-10,14,18-19,24H,5-6,11-13H2,1-4H3/q-1/t18?,19?,24-,26?/m1/s1. The molecule has 3 nitrogen and oxygen atoms in total. The maximum atomic E-state index is 13.6. The van der Waals surface area contributed by atoms with Crippen molar-refractivity contribution < 1.29 is 23.0 Å². The van der Waals surface area contributed by atoms with Crippen LogP contribution in [-0.2, 0) is 22.9 Å². The molecule has 1 aromatic carbocycles. The Bertz CT molecular complexity index is 1110. The summed E-state index contributed by atoms with van der Waals surface area (Å²) < 4.78 is 46.7. The lowest BCUT2D eigenvalue weighted by Crippen LogP contribution is -2.38. The van der Waals surface area contributed by atoms with Crippen molar-refractivity contribution in [2.24, 2.45) is 5.41 Å². The van der Waals surface area contributed by atoms with E-state index < -0.39 is 29.5 Å². The minimum atomic E-state index is -4.39. The highest BCUT2D eigenvalue weighted by molar-refractivity contribution is 14.1. The van der Waals surface area contributed by atoms with Crippen LogP contribution >= 0.6 is 22.6 Å². The van der Waals surface area contributed by atoms with E-state index in [2.05, 4.69) is 50.3 Å². The summed E-state index contributed by atoms with van der Waals surface area (Å²) >= 11 is 2.45. The van der Waals surface area contributed by atoms with Gasteiger partial charge in [0.05, 0.1) is 5.56 Å². The fourth-order valence-electron chi connectivity index (χ4n) is 6.21. The molecule has 1 fully saturated rings. The van der Waals surface area contributed by atoms with Crippen molar-refractivity contribution in [1.29, 1.82) is 0 Å². The fraction of sp³-hybridized carbons (Fsp3) is 0.593. The third kappa shape index (κ3) is 3.81. The van der Waals surface area contributed by atoms with Gasteiger partial charge in [-0.2, -0.15) is 13.2 Å². The van der Waals surface area contributed by atoms with Crippen molar-refractivity contribution in [1.82, 2.24) is 4.98 Å². The molecule has 1 spiro atoms. The van der Waals surface area contributed by atoms with Gasteiger partial charge in [-0.1, -0.05) is 74.9 Å². The number of halogens is 4. The van der Waals surface area contributed by atoms with Gasteiger partial charge in [0.25, 0.3) is 0 Å². The van der Waals surface area contributed by atoms with Crippen LogP contribution in [-0.4, -0.2) is 8.91 Å². The average molecular weight is 584 g/mol. The van der Waals surface area contributed by atoms with Crippen LogP contribution in [0.5, 0.6) is 0 Å². The Labute approximate surface area is 212 Å². The molecule has 34 heavy (non-hydrogen) atoms. The average Bonchev–Trinajstić information content (AvgIpc) is 3.27. The third-order valence-electron chi connectivity index (χ3n) is 7.70. The number of hydrogen-bond donors (Lipinski definition) is 0. The van der Waals surface area contributed by atoms with Crippen molar-refractivity contribution in [2.75, 3.05) is 0 Å². The summed E-state index contributed by atoms with van der Waals surface area (Å²) in [7, 11) is 0. The molecule has 2 heterocycles. The number of benzene rings is 1. The van der Waals surface area contributed by atoms with Gasteiger partial charge in [0, 0.05) is 20.9 Å². The van der Waals surface area contributed by atoms with Gasteiger partial charge >= 0.3 is 6.18 Å². The molecular formula is C27H30F3INO2-. The van der Waals surface area contributed by atoms with Crippen molar-refractivity contribution in [3.63, 3.8) is 0 Å². The zero-order chi connectivity index (χ0) is 24.6. The second kappa shape index (κ2) is 8.17. The molecule has 2 aromatic rings. The number of nitrogens with zero attached hydrogens (tertiary/aromatic N) is 1. The second-order valence-electron chi connectivity index (χ2n) is 11.2. The van der Waals surface area contributed by atoms with E-state index in [4.69, 9.17) is 9.72 Å². The molecule has 0 saturated heterocycles. The zero-order valence-electron chi connectivity index (χ0n) is 19.9. The molecule has 1 saturated carbocycles. The van der Waals surface area contributed by atoms with Crippen LogP contribution in [0.2, 0.25) is 0 Å². The van der Waals surface area contributed by atoms with E-state index in [1.807, 2.05) is 0 Å². The first-order valence-electron chi connectivity index (χ1n) is 12.1. The Morgan fingerprint density at radius 2 is 1.82 bits per heavy atom. The third-order valence-corrected chi connectivity index (χ3v) is 9.33. The minimum Gasteiger partial charge on any atom is -0.848 e. The van der Waals surface area contributed by atoms with Crippen LogP contribution in [0.1, 0.15) is 111 Å². The first-order valence-corrected chi connectivity index (χ1v) is 13.3. The monoisotopic (exact) mass is 584 g/mol. The van der Waals surface area contributed by atoms with Gasteiger partial charge < -0.3 is 9.84 Å².